The first-order valence-electron chi connectivity index (χ1n) is 6.51. The highest BCUT2D eigenvalue weighted by Crippen LogP contribution is 2.23. The summed E-state index contributed by atoms with van der Waals surface area (Å²) in [5.74, 6) is 0.581. The van der Waals surface area contributed by atoms with Gasteiger partial charge in [0.25, 0.3) is 0 Å². The van der Waals surface area contributed by atoms with Gasteiger partial charge in [-0.2, -0.15) is 0 Å². The van der Waals surface area contributed by atoms with Gasteiger partial charge in [0, 0.05) is 18.7 Å². The van der Waals surface area contributed by atoms with E-state index in [1.54, 1.807) is 0 Å². The van der Waals surface area contributed by atoms with Crippen molar-refractivity contribution in [2.24, 2.45) is 17.6 Å². The number of carbonyl (C=O) groups is 1. The zero-order valence-corrected chi connectivity index (χ0v) is 11.5. The molecule has 1 heterocycles. The third-order valence-electron chi connectivity index (χ3n) is 3.45. The van der Waals surface area contributed by atoms with E-state index in [1.807, 2.05) is 13.8 Å². The molecule has 0 radical (unpaired) electrons. The second kappa shape index (κ2) is 5.83. The van der Waals surface area contributed by atoms with E-state index in [-0.39, 0.29) is 23.5 Å². The summed E-state index contributed by atoms with van der Waals surface area (Å²) >= 11 is 0. The fraction of sp³-hybridized carbons (Fsp3) is 0.923. The Morgan fingerprint density at radius 3 is 2.65 bits per heavy atom. The van der Waals surface area contributed by atoms with Crippen molar-refractivity contribution in [2.75, 3.05) is 13.2 Å². The van der Waals surface area contributed by atoms with Gasteiger partial charge in [-0.15, -0.1) is 0 Å². The van der Waals surface area contributed by atoms with Gasteiger partial charge in [0.2, 0.25) is 5.91 Å². The maximum absolute atomic E-state index is 12.2. The molecule has 0 bridgehead atoms. The molecule has 1 saturated heterocycles. The molecule has 3 unspecified atom stereocenters. The number of rotatable bonds is 5. The van der Waals surface area contributed by atoms with E-state index < -0.39 is 0 Å². The van der Waals surface area contributed by atoms with Crippen molar-refractivity contribution in [2.45, 2.75) is 52.2 Å². The Labute approximate surface area is 104 Å². The normalized spacial score (nSPS) is 28.1. The van der Waals surface area contributed by atoms with Crippen LogP contribution in [0.4, 0.5) is 0 Å². The predicted molar refractivity (Wildman–Crippen MR) is 68.6 cm³/mol. The Balaban J connectivity index is 2.58. The average molecular weight is 242 g/mol. The van der Waals surface area contributed by atoms with Crippen molar-refractivity contribution in [1.82, 2.24) is 5.32 Å². The van der Waals surface area contributed by atoms with Gasteiger partial charge in [-0.25, -0.2) is 0 Å². The Morgan fingerprint density at radius 1 is 1.59 bits per heavy atom. The smallest absolute Gasteiger partial charge is 0.226 e. The SMILES string of the molecule is CC(C)CC(C)(CN)NC(=O)C1CCOC1C. The quantitative estimate of drug-likeness (QED) is 0.763. The standard InChI is InChI=1S/C13H26N2O2/c1-9(2)7-13(4,8-14)15-12(16)11-5-6-17-10(11)3/h9-11H,5-8,14H2,1-4H3,(H,15,16). The lowest BCUT2D eigenvalue weighted by atomic mass is 9.89. The minimum Gasteiger partial charge on any atom is -0.378 e. The molecule has 4 heteroatoms. The summed E-state index contributed by atoms with van der Waals surface area (Å²) in [7, 11) is 0. The van der Waals surface area contributed by atoms with Gasteiger partial charge in [-0.1, -0.05) is 13.8 Å². The van der Waals surface area contributed by atoms with Crippen LogP contribution in [-0.4, -0.2) is 30.7 Å². The first-order valence-corrected chi connectivity index (χ1v) is 6.51. The van der Waals surface area contributed by atoms with Gasteiger partial charge in [0.05, 0.1) is 12.0 Å². The van der Waals surface area contributed by atoms with E-state index in [9.17, 15) is 4.79 Å². The molecule has 3 N–H and O–H groups in total. The van der Waals surface area contributed by atoms with Crippen LogP contribution in [0.15, 0.2) is 0 Å². The number of amides is 1. The molecule has 0 aromatic carbocycles. The summed E-state index contributed by atoms with van der Waals surface area (Å²) in [5, 5.41) is 3.10. The predicted octanol–water partition coefficient (Wildman–Crippen LogP) is 1.29. The van der Waals surface area contributed by atoms with Crippen LogP contribution in [-0.2, 0) is 9.53 Å². The number of carbonyl (C=O) groups excluding carboxylic acids is 1. The first kappa shape index (κ1) is 14.5. The second-order valence-electron chi connectivity index (χ2n) is 5.82. The topological polar surface area (TPSA) is 64.3 Å². The molecule has 0 aromatic heterocycles. The van der Waals surface area contributed by atoms with Crippen molar-refractivity contribution in [3.05, 3.63) is 0 Å². The third kappa shape index (κ3) is 3.96. The molecule has 1 aliphatic heterocycles. The van der Waals surface area contributed by atoms with Crippen molar-refractivity contribution in [3.63, 3.8) is 0 Å². The highest BCUT2D eigenvalue weighted by Gasteiger charge is 2.34. The molecule has 100 valence electrons. The van der Waals surface area contributed by atoms with E-state index in [4.69, 9.17) is 10.5 Å². The molecular weight excluding hydrogens is 216 g/mol. The average Bonchev–Trinajstić information content (AvgIpc) is 2.63. The van der Waals surface area contributed by atoms with Gasteiger partial charge in [0.1, 0.15) is 0 Å². The molecule has 0 spiro atoms. The Bertz CT molecular complexity index is 268. The van der Waals surface area contributed by atoms with Crippen LogP contribution in [0.5, 0.6) is 0 Å². The lowest BCUT2D eigenvalue weighted by molar-refractivity contribution is -0.128. The number of nitrogens with one attached hydrogen (secondary N) is 1. The van der Waals surface area contributed by atoms with Crippen molar-refractivity contribution in [3.8, 4) is 0 Å². The lowest BCUT2D eigenvalue weighted by Crippen LogP contribution is -2.54. The van der Waals surface area contributed by atoms with Crippen LogP contribution in [0.1, 0.15) is 40.5 Å². The fourth-order valence-corrected chi connectivity index (χ4v) is 2.55. The molecule has 1 fully saturated rings. The highest BCUT2D eigenvalue weighted by atomic mass is 16.5. The molecule has 0 aliphatic carbocycles. The molecule has 3 atom stereocenters. The summed E-state index contributed by atoms with van der Waals surface area (Å²) < 4.78 is 5.42. The molecule has 0 saturated carbocycles. The summed E-state index contributed by atoms with van der Waals surface area (Å²) in [6, 6.07) is 0. The van der Waals surface area contributed by atoms with Crippen molar-refractivity contribution in [1.29, 1.82) is 0 Å². The van der Waals surface area contributed by atoms with Crippen LogP contribution < -0.4 is 11.1 Å². The van der Waals surface area contributed by atoms with Crippen LogP contribution in [0, 0.1) is 11.8 Å². The van der Waals surface area contributed by atoms with Crippen molar-refractivity contribution < 1.29 is 9.53 Å². The van der Waals surface area contributed by atoms with Gasteiger partial charge in [0.15, 0.2) is 0 Å². The third-order valence-corrected chi connectivity index (χ3v) is 3.45. The van der Waals surface area contributed by atoms with E-state index in [2.05, 4.69) is 19.2 Å². The summed E-state index contributed by atoms with van der Waals surface area (Å²) in [4.78, 5) is 12.2. The van der Waals surface area contributed by atoms with Crippen LogP contribution in [0.25, 0.3) is 0 Å². The van der Waals surface area contributed by atoms with Crippen molar-refractivity contribution >= 4 is 5.91 Å². The molecule has 1 amide bonds. The number of nitrogens with two attached hydrogens (primary N) is 1. The van der Waals surface area contributed by atoms with E-state index in [1.165, 1.54) is 0 Å². The van der Waals surface area contributed by atoms with Gasteiger partial charge >= 0.3 is 0 Å². The summed E-state index contributed by atoms with van der Waals surface area (Å²) in [6.07, 6.45) is 1.74. The Kier molecular flexibility index (Phi) is 4.95. The molecule has 0 aromatic rings. The second-order valence-corrected chi connectivity index (χ2v) is 5.82. The molecule has 1 aliphatic rings. The lowest BCUT2D eigenvalue weighted by Gasteiger charge is -2.32. The van der Waals surface area contributed by atoms with Gasteiger partial charge in [-0.3, -0.25) is 4.79 Å². The van der Waals surface area contributed by atoms with E-state index >= 15 is 0 Å². The fourth-order valence-electron chi connectivity index (χ4n) is 2.55. The molecular formula is C13H26N2O2. The largest absolute Gasteiger partial charge is 0.378 e. The number of hydrogen-bond acceptors (Lipinski definition) is 3. The zero-order chi connectivity index (χ0) is 13.1. The molecule has 1 rings (SSSR count). The minimum atomic E-state index is -0.298. The summed E-state index contributed by atoms with van der Waals surface area (Å²) in [6.45, 7) is 9.41. The monoisotopic (exact) mass is 242 g/mol. The number of ether oxygens (including phenoxy) is 1. The van der Waals surface area contributed by atoms with Crippen LogP contribution in [0.2, 0.25) is 0 Å². The minimum absolute atomic E-state index is 0.0203. The van der Waals surface area contributed by atoms with Gasteiger partial charge in [-0.05, 0) is 32.6 Å². The van der Waals surface area contributed by atoms with Crippen LogP contribution in [0.3, 0.4) is 0 Å². The number of hydrogen-bond donors (Lipinski definition) is 2. The van der Waals surface area contributed by atoms with E-state index in [0.29, 0.717) is 19.1 Å². The van der Waals surface area contributed by atoms with E-state index in [0.717, 1.165) is 12.8 Å². The Morgan fingerprint density at radius 2 is 2.24 bits per heavy atom. The maximum atomic E-state index is 12.2. The zero-order valence-electron chi connectivity index (χ0n) is 11.5. The molecule has 4 nitrogen and oxygen atoms in total. The van der Waals surface area contributed by atoms with Crippen LogP contribution >= 0.6 is 0 Å². The maximum Gasteiger partial charge on any atom is 0.226 e. The summed E-state index contributed by atoms with van der Waals surface area (Å²) in [5.41, 5.74) is 5.49. The first-order chi connectivity index (χ1) is 7.88. The van der Waals surface area contributed by atoms with Gasteiger partial charge < -0.3 is 15.8 Å². The highest BCUT2D eigenvalue weighted by molar-refractivity contribution is 5.80. The Hall–Kier alpha value is -0.610. The molecule has 17 heavy (non-hydrogen) atoms.